The molecule has 0 aliphatic carbocycles. The van der Waals surface area contributed by atoms with Crippen molar-refractivity contribution in [1.82, 2.24) is 0 Å². The van der Waals surface area contributed by atoms with E-state index in [9.17, 15) is 0 Å². The van der Waals surface area contributed by atoms with Gasteiger partial charge in [0, 0.05) is 18.6 Å². The molecule has 1 aromatic heterocycles. The van der Waals surface area contributed by atoms with E-state index in [1.165, 1.54) is 96.4 Å². The molecule has 1 heterocycles. The minimum atomic E-state index is 0. The highest BCUT2D eigenvalue weighted by Gasteiger charge is 1.98. The molecule has 1 aromatic carbocycles. The zero-order chi connectivity index (χ0) is 20.8. The SMILES string of the molecule is CCCCCCCCCCCCCCCC[n+]1ccccc1.Oc1ccccc1.[Cl-]. The fourth-order valence-corrected chi connectivity index (χ4v) is 3.50. The number of benzene rings is 1. The molecule has 0 aliphatic heterocycles. The van der Waals surface area contributed by atoms with Gasteiger partial charge in [-0.2, -0.15) is 0 Å². The minimum absolute atomic E-state index is 0. The fraction of sp³-hybridized carbons (Fsp3) is 0.593. The third-order valence-electron chi connectivity index (χ3n) is 5.30. The molecule has 0 saturated carbocycles. The number of aromatic nitrogens is 1. The molecule has 0 saturated heterocycles. The maximum atomic E-state index is 8.63. The zero-order valence-electron chi connectivity index (χ0n) is 19.2. The van der Waals surface area contributed by atoms with E-state index in [0.717, 1.165) is 0 Å². The number of phenolic OH excluding ortho intramolecular Hbond substituents is 1. The molecule has 3 heteroatoms. The Kier molecular flexibility index (Phi) is 21.0. The van der Waals surface area contributed by atoms with Crippen molar-refractivity contribution in [2.24, 2.45) is 0 Å². The van der Waals surface area contributed by atoms with E-state index < -0.39 is 0 Å². The highest BCUT2D eigenvalue weighted by atomic mass is 35.5. The molecule has 0 amide bonds. The second-order valence-corrected chi connectivity index (χ2v) is 8.05. The van der Waals surface area contributed by atoms with Crippen molar-refractivity contribution in [3.05, 3.63) is 60.9 Å². The van der Waals surface area contributed by atoms with Crippen LogP contribution in [-0.2, 0) is 6.54 Å². The van der Waals surface area contributed by atoms with E-state index in [1.807, 2.05) is 6.07 Å². The summed E-state index contributed by atoms with van der Waals surface area (Å²) in [6.45, 7) is 3.47. The van der Waals surface area contributed by atoms with Crippen LogP contribution in [0.2, 0.25) is 0 Å². The normalized spacial score (nSPS) is 10.0. The average molecular weight is 434 g/mol. The van der Waals surface area contributed by atoms with Crippen molar-refractivity contribution < 1.29 is 22.1 Å². The van der Waals surface area contributed by atoms with Crippen LogP contribution in [0.15, 0.2) is 60.9 Å². The van der Waals surface area contributed by atoms with Gasteiger partial charge < -0.3 is 17.5 Å². The highest BCUT2D eigenvalue weighted by Crippen LogP contribution is 2.12. The molecular weight excluding hydrogens is 390 g/mol. The minimum Gasteiger partial charge on any atom is -1.00 e. The Hall–Kier alpha value is -1.54. The van der Waals surface area contributed by atoms with Gasteiger partial charge in [0.25, 0.3) is 0 Å². The zero-order valence-corrected chi connectivity index (χ0v) is 19.9. The number of para-hydroxylation sites is 1. The summed E-state index contributed by atoms with van der Waals surface area (Å²) in [6, 6.07) is 15.0. The summed E-state index contributed by atoms with van der Waals surface area (Å²) in [6.07, 6.45) is 24.4. The lowest BCUT2D eigenvalue weighted by atomic mass is 10.0. The molecule has 2 rings (SSSR count). The van der Waals surface area contributed by atoms with Gasteiger partial charge in [-0.1, -0.05) is 108 Å². The van der Waals surface area contributed by atoms with Crippen LogP contribution in [0.1, 0.15) is 96.8 Å². The van der Waals surface area contributed by atoms with Crippen LogP contribution in [-0.4, -0.2) is 5.11 Å². The van der Waals surface area contributed by atoms with E-state index in [1.54, 1.807) is 24.3 Å². The van der Waals surface area contributed by atoms with Crippen LogP contribution in [0.3, 0.4) is 0 Å². The van der Waals surface area contributed by atoms with Crippen molar-refractivity contribution in [2.75, 3.05) is 0 Å². The number of pyridine rings is 1. The van der Waals surface area contributed by atoms with E-state index in [0.29, 0.717) is 5.75 Å². The molecule has 2 nitrogen and oxygen atoms in total. The van der Waals surface area contributed by atoms with Crippen LogP contribution < -0.4 is 17.0 Å². The van der Waals surface area contributed by atoms with Crippen molar-refractivity contribution in [3.63, 3.8) is 0 Å². The van der Waals surface area contributed by atoms with Crippen LogP contribution >= 0.6 is 0 Å². The second-order valence-electron chi connectivity index (χ2n) is 8.05. The van der Waals surface area contributed by atoms with Gasteiger partial charge >= 0.3 is 0 Å². The summed E-state index contributed by atoms with van der Waals surface area (Å²) in [5, 5.41) is 8.63. The molecule has 0 fully saturated rings. The van der Waals surface area contributed by atoms with Crippen molar-refractivity contribution in [3.8, 4) is 5.75 Å². The molecule has 30 heavy (non-hydrogen) atoms. The Morgan fingerprint density at radius 3 is 1.37 bits per heavy atom. The first-order valence-corrected chi connectivity index (χ1v) is 12.0. The first-order valence-electron chi connectivity index (χ1n) is 12.0. The molecule has 0 atom stereocenters. The molecule has 0 bridgehead atoms. The highest BCUT2D eigenvalue weighted by molar-refractivity contribution is 5.18. The van der Waals surface area contributed by atoms with Gasteiger partial charge in [0.2, 0.25) is 0 Å². The number of aromatic hydroxyl groups is 1. The maximum absolute atomic E-state index is 8.63. The van der Waals surface area contributed by atoms with E-state index in [2.05, 4.69) is 42.1 Å². The lowest BCUT2D eigenvalue weighted by molar-refractivity contribution is -0.697. The number of aryl methyl sites for hydroxylation is 1. The Morgan fingerprint density at radius 1 is 0.567 bits per heavy atom. The molecule has 0 unspecified atom stereocenters. The Balaban J connectivity index is 0.000000886. The molecule has 0 radical (unpaired) electrons. The topological polar surface area (TPSA) is 24.1 Å². The standard InChI is InChI=1S/C21H38N.C6H6O.ClH/c1-2-3-4-5-6-7-8-9-10-11-12-13-14-16-19-22-20-17-15-18-21-22;7-6-4-2-1-3-5-6;/h15,17-18,20-21H,2-14,16,19H2,1H3;1-5,7H;1H/q+1;;/p-1. The van der Waals surface area contributed by atoms with Crippen molar-refractivity contribution in [2.45, 2.75) is 103 Å². The number of phenols is 1. The smallest absolute Gasteiger partial charge is 0.168 e. The van der Waals surface area contributed by atoms with Gasteiger partial charge in [-0.15, -0.1) is 0 Å². The predicted octanol–water partition coefficient (Wildman–Crippen LogP) is 4.85. The average Bonchev–Trinajstić information content (AvgIpc) is 2.76. The summed E-state index contributed by atoms with van der Waals surface area (Å²) in [5.41, 5.74) is 0. The van der Waals surface area contributed by atoms with Crippen LogP contribution in [0, 0.1) is 0 Å². The predicted molar refractivity (Wildman–Crippen MR) is 125 cm³/mol. The summed E-state index contributed by atoms with van der Waals surface area (Å²) < 4.78 is 2.29. The third kappa shape index (κ3) is 18.5. The largest absolute Gasteiger partial charge is 1.00 e. The van der Waals surface area contributed by atoms with Gasteiger partial charge in [-0.3, -0.25) is 0 Å². The van der Waals surface area contributed by atoms with Crippen LogP contribution in [0.5, 0.6) is 5.75 Å². The molecule has 2 aromatic rings. The van der Waals surface area contributed by atoms with Gasteiger partial charge in [-0.05, 0) is 18.6 Å². The molecule has 0 aliphatic rings. The molecule has 0 spiro atoms. The van der Waals surface area contributed by atoms with Gasteiger partial charge in [0.1, 0.15) is 12.3 Å². The molecule has 170 valence electrons. The number of unbranched alkanes of at least 4 members (excludes halogenated alkanes) is 13. The summed E-state index contributed by atoms with van der Waals surface area (Å²) >= 11 is 0. The number of rotatable bonds is 15. The van der Waals surface area contributed by atoms with Gasteiger partial charge in [0.15, 0.2) is 12.4 Å². The number of halogens is 1. The third-order valence-corrected chi connectivity index (χ3v) is 5.30. The summed E-state index contributed by atoms with van der Waals surface area (Å²) in [4.78, 5) is 0. The first kappa shape index (κ1) is 28.5. The van der Waals surface area contributed by atoms with Gasteiger partial charge in [0.05, 0.1) is 0 Å². The molecule has 1 N–H and O–H groups in total. The van der Waals surface area contributed by atoms with Crippen LogP contribution in [0.25, 0.3) is 0 Å². The quantitative estimate of drug-likeness (QED) is 0.315. The van der Waals surface area contributed by atoms with E-state index in [-0.39, 0.29) is 12.4 Å². The Morgan fingerprint density at radius 2 is 0.967 bits per heavy atom. The summed E-state index contributed by atoms with van der Waals surface area (Å²) in [5.74, 6) is 0.322. The Bertz CT molecular complexity index is 562. The monoisotopic (exact) mass is 433 g/mol. The number of hydrogen-bond acceptors (Lipinski definition) is 1. The lowest BCUT2D eigenvalue weighted by Gasteiger charge is -2.02. The van der Waals surface area contributed by atoms with Crippen molar-refractivity contribution in [1.29, 1.82) is 0 Å². The van der Waals surface area contributed by atoms with Crippen molar-refractivity contribution >= 4 is 0 Å². The summed E-state index contributed by atoms with van der Waals surface area (Å²) in [7, 11) is 0. The van der Waals surface area contributed by atoms with E-state index in [4.69, 9.17) is 5.11 Å². The second kappa shape index (κ2) is 22.2. The molecular formula is C27H44ClNO. The Labute approximate surface area is 192 Å². The lowest BCUT2D eigenvalue weighted by Crippen LogP contribution is -3.00. The van der Waals surface area contributed by atoms with Gasteiger partial charge in [-0.25, -0.2) is 4.57 Å². The number of hydrogen-bond donors (Lipinski definition) is 1. The first-order chi connectivity index (χ1) is 14.3. The maximum Gasteiger partial charge on any atom is 0.168 e. The van der Waals surface area contributed by atoms with E-state index >= 15 is 0 Å². The van der Waals surface area contributed by atoms with Crippen LogP contribution in [0.4, 0.5) is 0 Å². The number of nitrogens with zero attached hydrogens (tertiary/aromatic N) is 1. The fourth-order valence-electron chi connectivity index (χ4n) is 3.50.